The first-order chi connectivity index (χ1) is 15.2. The Morgan fingerprint density at radius 1 is 1.09 bits per heavy atom. The zero-order valence-corrected chi connectivity index (χ0v) is 20.0. The van der Waals surface area contributed by atoms with Crippen molar-refractivity contribution in [1.29, 1.82) is 0 Å². The van der Waals surface area contributed by atoms with Crippen molar-refractivity contribution in [2.75, 3.05) is 0 Å². The largest absolute Gasteiger partial charge is 0.490 e. The molecule has 0 saturated heterocycles. The molecule has 1 aromatic carbocycles. The molecule has 0 spiro atoms. The number of hydrogen-bond acceptors (Lipinski definition) is 5. The van der Waals surface area contributed by atoms with E-state index < -0.39 is 15.1 Å². The highest BCUT2D eigenvalue weighted by Crippen LogP contribution is 2.41. The minimum atomic E-state index is -3.45. The summed E-state index contributed by atoms with van der Waals surface area (Å²) in [5, 5.41) is 9.86. The van der Waals surface area contributed by atoms with Crippen LogP contribution in [0.2, 0.25) is 0 Å². The van der Waals surface area contributed by atoms with Crippen molar-refractivity contribution in [3.05, 3.63) is 42.2 Å². The van der Waals surface area contributed by atoms with Crippen LogP contribution in [-0.2, 0) is 9.84 Å². The van der Waals surface area contributed by atoms with Gasteiger partial charge in [0, 0.05) is 17.3 Å². The van der Waals surface area contributed by atoms with Crippen LogP contribution in [0.4, 0.5) is 0 Å². The molecule has 4 rings (SSSR count). The number of hydrogen-bond donors (Lipinski definition) is 1. The van der Waals surface area contributed by atoms with Gasteiger partial charge in [-0.2, -0.15) is 4.73 Å². The van der Waals surface area contributed by atoms with Crippen LogP contribution in [0.1, 0.15) is 58.6 Å². The van der Waals surface area contributed by atoms with Crippen molar-refractivity contribution in [1.82, 2.24) is 9.71 Å². The standard InChI is InChI=1S/C25H32N2O4S/c1-5-18-6-8-19(9-7-18)31-24-11-10-20(32(29,30)16(2)3)15-23(24)22-14-17(4)27(28)25-21(22)12-13-26-25/h10-16,18-19,28H,5-9H2,1-4H3. The van der Waals surface area contributed by atoms with Gasteiger partial charge in [-0.25, -0.2) is 13.4 Å². The van der Waals surface area contributed by atoms with E-state index in [0.717, 1.165) is 47.5 Å². The third-order valence-corrected chi connectivity index (χ3v) is 8.86. The lowest BCUT2D eigenvalue weighted by Crippen LogP contribution is -2.24. The maximum absolute atomic E-state index is 12.9. The molecule has 2 heterocycles. The SMILES string of the molecule is CCC1CCC(Oc2ccc(S(=O)(=O)C(C)C)cc2-c2cc(C)n(O)c3nccc2-3)CC1. The quantitative estimate of drug-likeness (QED) is 0.479. The average molecular weight is 457 g/mol. The Kier molecular flexibility index (Phi) is 6.21. The van der Waals surface area contributed by atoms with Crippen LogP contribution in [0, 0.1) is 12.8 Å². The summed E-state index contributed by atoms with van der Waals surface area (Å²) in [6, 6.07) is 8.83. The highest BCUT2D eigenvalue weighted by molar-refractivity contribution is 7.92. The molecular weight excluding hydrogens is 424 g/mol. The molecule has 1 saturated carbocycles. The number of sulfone groups is 1. The maximum atomic E-state index is 12.9. The van der Waals surface area contributed by atoms with Crippen LogP contribution in [0.5, 0.6) is 5.75 Å². The van der Waals surface area contributed by atoms with Crippen LogP contribution >= 0.6 is 0 Å². The van der Waals surface area contributed by atoms with Gasteiger partial charge in [0.25, 0.3) is 0 Å². The van der Waals surface area contributed by atoms with Crippen molar-refractivity contribution < 1.29 is 18.4 Å². The van der Waals surface area contributed by atoms with Crippen molar-refractivity contribution in [3.63, 3.8) is 0 Å². The first-order valence-corrected chi connectivity index (χ1v) is 13.0. The van der Waals surface area contributed by atoms with Gasteiger partial charge in [0.2, 0.25) is 0 Å². The fraction of sp³-hybridized carbons (Fsp3) is 0.480. The van der Waals surface area contributed by atoms with Crippen molar-refractivity contribution >= 4 is 9.84 Å². The van der Waals surface area contributed by atoms with Gasteiger partial charge < -0.3 is 9.94 Å². The summed E-state index contributed by atoms with van der Waals surface area (Å²) >= 11 is 0. The highest BCUT2D eigenvalue weighted by atomic mass is 32.2. The molecule has 0 atom stereocenters. The first-order valence-electron chi connectivity index (χ1n) is 11.4. The third-order valence-electron chi connectivity index (χ3n) is 6.71. The first kappa shape index (κ1) is 22.6. The fourth-order valence-electron chi connectivity index (χ4n) is 4.55. The molecule has 1 fully saturated rings. The maximum Gasteiger partial charge on any atom is 0.180 e. The molecule has 0 amide bonds. The van der Waals surface area contributed by atoms with Crippen LogP contribution in [-0.4, -0.2) is 34.7 Å². The highest BCUT2D eigenvalue weighted by Gasteiger charge is 2.27. The van der Waals surface area contributed by atoms with Gasteiger partial charge in [0.1, 0.15) is 5.75 Å². The molecule has 3 aliphatic rings. The number of fused-ring (bicyclic) bond motifs is 1. The molecule has 1 aromatic rings. The van der Waals surface area contributed by atoms with Gasteiger partial charge in [-0.1, -0.05) is 13.3 Å². The van der Waals surface area contributed by atoms with E-state index in [9.17, 15) is 13.6 Å². The molecule has 6 nitrogen and oxygen atoms in total. The van der Waals surface area contributed by atoms with Gasteiger partial charge >= 0.3 is 0 Å². The van der Waals surface area contributed by atoms with Gasteiger partial charge in [0.15, 0.2) is 15.7 Å². The molecule has 0 aromatic heterocycles. The summed E-state index contributed by atoms with van der Waals surface area (Å²) in [5.41, 5.74) is 2.87. The Hall–Kier alpha value is -2.54. The molecule has 172 valence electrons. The molecule has 0 unspecified atom stereocenters. The second kappa shape index (κ2) is 8.77. The lowest BCUT2D eigenvalue weighted by atomic mass is 9.86. The summed E-state index contributed by atoms with van der Waals surface area (Å²) in [6.07, 6.45) is 7.27. The number of ether oxygens (including phenoxy) is 1. The Labute approximate surface area is 190 Å². The lowest BCUT2D eigenvalue weighted by Gasteiger charge is -2.29. The number of pyridine rings is 1. The van der Waals surface area contributed by atoms with Crippen LogP contribution in [0.3, 0.4) is 0 Å². The Morgan fingerprint density at radius 2 is 1.81 bits per heavy atom. The van der Waals surface area contributed by atoms with Crippen molar-refractivity contribution in [2.45, 2.75) is 76.0 Å². The molecular formula is C25H32N2O4S. The Balaban J connectivity index is 1.82. The Bertz CT molecular complexity index is 1170. The average Bonchev–Trinajstić information content (AvgIpc) is 3.27. The minimum absolute atomic E-state index is 0.116. The van der Waals surface area contributed by atoms with E-state index in [-0.39, 0.29) is 11.0 Å². The predicted molar refractivity (Wildman–Crippen MR) is 125 cm³/mol. The summed E-state index contributed by atoms with van der Waals surface area (Å²) in [5.74, 6) is 1.87. The molecule has 1 N–H and O–H groups in total. The monoisotopic (exact) mass is 456 g/mol. The second-order valence-corrected chi connectivity index (χ2v) is 11.6. The minimum Gasteiger partial charge on any atom is -0.490 e. The number of nitrogens with zero attached hydrogens (tertiary/aromatic N) is 2. The Morgan fingerprint density at radius 3 is 2.47 bits per heavy atom. The van der Waals surface area contributed by atoms with Gasteiger partial charge in [-0.15, -0.1) is 0 Å². The molecule has 1 aliphatic carbocycles. The van der Waals surface area contributed by atoms with Crippen LogP contribution in [0.15, 0.2) is 41.4 Å². The van der Waals surface area contributed by atoms with E-state index in [1.807, 2.05) is 12.1 Å². The molecule has 32 heavy (non-hydrogen) atoms. The molecule has 0 radical (unpaired) electrons. The van der Waals surface area contributed by atoms with Gasteiger partial charge in [-0.3, -0.25) is 0 Å². The number of rotatable bonds is 6. The summed E-state index contributed by atoms with van der Waals surface area (Å²) < 4.78 is 33.4. The van der Waals surface area contributed by atoms with Crippen LogP contribution in [0.25, 0.3) is 22.5 Å². The summed E-state index contributed by atoms with van der Waals surface area (Å²) in [6.45, 7) is 7.40. The molecule has 7 heteroatoms. The predicted octanol–water partition coefficient (Wildman–Crippen LogP) is 5.73. The number of aromatic nitrogens is 2. The normalized spacial score (nSPS) is 19.5. The molecule has 2 aliphatic heterocycles. The van der Waals surface area contributed by atoms with E-state index in [1.165, 1.54) is 6.42 Å². The number of benzene rings is 1. The van der Waals surface area contributed by atoms with E-state index >= 15 is 0 Å². The van der Waals surface area contributed by atoms with E-state index in [1.54, 1.807) is 45.2 Å². The summed E-state index contributed by atoms with van der Waals surface area (Å²) in [4.78, 5) is 4.56. The van der Waals surface area contributed by atoms with E-state index in [2.05, 4.69) is 11.9 Å². The second-order valence-electron chi connectivity index (χ2n) is 9.11. The fourth-order valence-corrected chi connectivity index (χ4v) is 5.64. The van der Waals surface area contributed by atoms with Gasteiger partial charge in [0.05, 0.1) is 21.9 Å². The van der Waals surface area contributed by atoms with Gasteiger partial charge in [-0.05, 0) is 88.3 Å². The topological polar surface area (TPSA) is 81.4 Å². The van der Waals surface area contributed by atoms with Crippen molar-refractivity contribution in [3.8, 4) is 28.3 Å². The van der Waals surface area contributed by atoms with E-state index in [0.29, 0.717) is 22.8 Å². The zero-order valence-electron chi connectivity index (χ0n) is 19.2. The van der Waals surface area contributed by atoms with Crippen LogP contribution < -0.4 is 4.74 Å². The van der Waals surface area contributed by atoms with Crippen molar-refractivity contribution in [2.24, 2.45) is 5.92 Å². The smallest absolute Gasteiger partial charge is 0.180 e. The number of aryl methyl sites for hydroxylation is 1. The van der Waals surface area contributed by atoms with E-state index in [4.69, 9.17) is 4.74 Å². The lowest BCUT2D eigenvalue weighted by molar-refractivity contribution is 0.130. The zero-order chi connectivity index (χ0) is 23.0. The third kappa shape index (κ3) is 4.10. The molecule has 0 bridgehead atoms. The summed E-state index contributed by atoms with van der Waals surface area (Å²) in [7, 11) is -3.45.